The number of ether oxygens (including phenoxy) is 2. The van der Waals surface area contributed by atoms with Crippen LogP contribution in [0.5, 0.6) is 0 Å². The maximum atomic E-state index is 11.7. The lowest BCUT2D eigenvalue weighted by Crippen LogP contribution is -2.41. The molecule has 1 unspecified atom stereocenters. The van der Waals surface area contributed by atoms with E-state index in [4.69, 9.17) is 9.47 Å². The van der Waals surface area contributed by atoms with Crippen molar-refractivity contribution in [1.82, 2.24) is 15.5 Å². The summed E-state index contributed by atoms with van der Waals surface area (Å²) in [6.07, 6.45) is 4.25. The van der Waals surface area contributed by atoms with E-state index in [1.54, 1.807) is 19.0 Å². The Hall–Kier alpha value is -1.34. The second-order valence-corrected chi connectivity index (χ2v) is 6.31. The van der Waals surface area contributed by atoms with Crippen molar-refractivity contribution in [2.45, 2.75) is 32.6 Å². The van der Waals surface area contributed by atoms with Gasteiger partial charge in [-0.25, -0.2) is 4.99 Å². The fourth-order valence-electron chi connectivity index (χ4n) is 2.18. The predicted octanol–water partition coefficient (Wildman–Crippen LogP) is 0.853. The molecule has 0 bridgehead atoms. The molecule has 2 N–H and O–H groups in total. The highest BCUT2D eigenvalue weighted by molar-refractivity contribution is 5.84. The van der Waals surface area contributed by atoms with Gasteiger partial charge in [-0.05, 0) is 19.3 Å². The van der Waals surface area contributed by atoms with Crippen LogP contribution in [0.4, 0.5) is 0 Å². The quantitative estimate of drug-likeness (QED) is 0.331. The van der Waals surface area contributed by atoms with Gasteiger partial charge in [0.1, 0.15) is 6.54 Å². The molecule has 0 radical (unpaired) electrons. The van der Waals surface area contributed by atoms with Gasteiger partial charge in [0.15, 0.2) is 5.96 Å². The molecule has 7 nitrogen and oxygen atoms in total. The topological polar surface area (TPSA) is 75.2 Å². The minimum Gasteiger partial charge on any atom is -0.381 e. The van der Waals surface area contributed by atoms with Crippen LogP contribution in [0.15, 0.2) is 4.99 Å². The van der Waals surface area contributed by atoms with Crippen molar-refractivity contribution in [3.05, 3.63) is 0 Å². The highest BCUT2D eigenvalue weighted by atomic mass is 16.5. The van der Waals surface area contributed by atoms with E-state index in [0.717, 1.165) is 65.2 Å². The molecule has 0 saturated carbocycles. The molecule has 0 aliphatic carbocycles. The van der Waals surface area contributed by atoms with Crippen LogP contribution >= 0.6 is 0 Å². The van der Waals surface area contributed by atoms with Gasteiger partial charge in [0, 0.05) is 52.9 Å². The molecule has 0 aromatic carbocycles. The summed E-state index contributed by atoms with van der Waals surface area (Å²) in [5.74, 6) is 1.19. The van der Waals surface area contributed by atoms with E-state index in [1.807, 2.05) is 0 Å². The molecule has 0 aromatic heterocycles. The van der Waals surface area contributed by atoms with Crippen LogP contribution < -0.4 is 10.6 Å². The Morgan fingerprint density at radius 2 is 2.08 bits per heavy atom. The van der Waals surface area contributed by atoms with Crippen molar-refractivity contribution in [2.75, 3.05) is 60.2 Å². The van der Waals surface area contributed by atoms with Crippen molar-refractivity contribution in [2.24, 2.45) is 10.9 Å². The minimum absolute atomic E-state index is 0.0109. The number of unbranched alkanes of at least 4 members (excludes halogenated alkanes) is 1. The van der Waals surface area contributed by atoms with Crippen molar-refractivity contribution >= 4 is 11.9 Å². The number of amides is 1. The SMILES string of the molecule is CCCCOCCCNC(=NCC(=O)N(C)C)NCC1CCOC1. The van der Waals surface area contributed by atoms with Gasteiger partial charge >= 0.3 is 0 Å². The van der Waals surface area contributed by atoms with Crippen molar-refractivity contribution < 1.29 is 14.3 Å². The highest BCUT2D eigenvalue weighted by Crippen LogP contribution is 2.10. The maximum Gasteiger partial charge on any atom is 0.243 e. The summed E-state index contributed by atoms with van der Waals surface area (Å²) in [6.45, 7) is 7.09. The van der Waals surface area contributed by atoms with Crippen molar-refractivity contribution in [3.8, 4) is 0 Å². The van der Waals surface area contributed by atoms with Crippen LogP contribution in [0.1, 0.15) is 32.6 Å². The number of guanidine groups is 1. The Bertz CT molecular complexity index is 369. The maximum absolute atomic E-state index is 11.7. The molecular weight excluding hydrogens is 308 g/mol. The largest absolute Gasteiger partial charge is 0.381 e. The molecule has 1 saturated heterocycles. The van der Waals surface area contributed by atoms with Crippen LogP contribution in [0.25, 0.3) is 0 Å². The smallest absolute Gasteiger partial charge is 0.243 e. The normalized spacial score (nSPS) is 17.8. The van der Waals surface area contributed by atoms with Crippen molar-refractivity contribution in [3.63, 3.8) is 0 Å². The number of carbonyl (C=O) groups is 1. The number of hydrogen-bond acceptors (Lipinski definition) is 4. The summed E-state index contributed by atoms with van der Waals surface area (Å²) in [5, 5.41) is 6.59. The summed E-state index contributed by atoms with van der Waals surface area (Å²) in [7, 11) is 3.48. The average Bonchev–Trinajstić information content (AvgIpc) is 3.08. The molecule has 1 rings (SSSR count). The number of nitrogens with zero attached hydrogens (tertiary/aromatic N) is 2. The lowest BCUT2D eigenvalue weighted by atomic mass is 10.1. The summed E-state index contributed by atoms with van der Waals surface area (Å²) < 4.78 is 10.9. The van der Waals surface area contributed by atoms with Gasteiger partial charge < -0.3 is 25.0 Å². The standard InChI is InChI=1S/C17H34N4O3/c1-4-5-9-23-10-6-8-18-17(20-13-16(22)21(2)3)19-12-15-7-11-24-14-15/h15H,4-14H2,1-3H3,(H2,18,19,20). The summed E-state index contributed by atoms with van der Waals surface area (Å²) in [4.78, 5) is 17.6. The third-order valence-electron chi connectivity index (χ3n) is 3.85. The van der Waals surface area contributed by atoms with E-state index in [-0.39, 0.29) is 12.5 Å². The highest BCUT2D eigenvalue weighted by Gasteiger charge is 2.15. The second kappa shape index (κ2) is 13.0. The molecule has 0 aromatic rings. The Morgan fingerprint density at radius 3 is 2.75 bits per heavy atom. The number of rotatable bonds is 11. The molecule has 7 heteroatoms. The van der Waals surface area contributed by atoms with Crippen molar-refractivity contribution in [1.29, 1.82) is 0 Å². The van der Waals surface area contributed by atoms with Gasteiger partial charge in [-0.15, -0.1) is 0 Å². The van der Waals surface area contributed by atoms with Gasteiger partial charge in [0.05, 0.1) is 6.61 Å². The second-order valence-electron chi connectivity index (χ2n) is 6.31. The first-order valence-corrected chi connectivity index (χ1v) is 9.01. The zero-order valence-corrected chi connectivity index (χ0v) is 15.5. The van der Waals surface area contributed by atoms with Gasteiger partial charge in [0.2, 0.25) is 5.91 Å². The molecule has 1 aliphatic rings. The van der Waals surface area contributed by atoms with Gasteiger partial charge in [-0.1, -0.05) is 13.3 Å². The van der Waals surface area contributed by atoms with E-state index in [1.165, 1.54) is 0 Å². The summed E-state index contributed by atoms with van der Waals surface area (Å²) in [5.41, 5.74) is 0. The molecule has 1 fully saturated rings. The van der Waals surface area contributed by atoms with Gasteiger partial charge in [-0.3, -0.25) is 4.79 Å². The zero-order valence-electron chi connectivity index (χ0n) is 15.5. The minimum atomic E-state index is -0.0109. The molecular formula is C17H34N4O3. The fourth-order valence-corrected chi connectivity index (χ4v) is 2.18. The van der Waals surface area contributed by atoms with Crippen LogP contribution in [0.2, 0.25) is 0 Å². The lowest BCUT2D eigenvalue weighted by Gasteiger charge is -2.16. The van der Waals surface area contributed by atoms with Crippen LogP contribution in [-0.4, -0.2) is 76.9 Å². The summed E-state index contributed by atoms with van der Waals surface area (Å²) >= 11 is 0. The zero-order chi connectivity index (χ0) is 17.6. The Balaban J connectivity index is 2.30. The molecule has 1 amide bonds. The first-order chi connectivity index (χ1) is 11.6. The average molecular weight is 342 g/mol. The number of hydrogen-bond donors (Lipinski definition) is 2. The fraction of sp³-hybridized carbons (Fsp3) is 0.882. The third kappa shape index (κ3) is 9.72. The van der Waals surface area contributed by atoms with E-state index in [2.05, 4.69) is 22.5 Å². The van der Waals surface area contributed by atoms with E-state index in [9.17, 15) is 4.79 Å². The molecule has 1 aliphatic heterocycles. The molecule has 140 valence electrons. The monoisotopic (exact) mass is 342 g/mol. The first-order valence-electron chi connectivity index (χ1n) is 9.01. The Kier molecular flexibility index (Phi) is 11.2. The third-order valence-corrected chi connectivity index (χ3v) is 3.85. The summed E-state index contributed by atoms with van der Waals surface area (Å²) in [6, 6.07) is 0. The van der Waals surface area contributed by atoms with Crippen LogP contribution in [-0.2, 0) is 14.3 Å². The number of likely N-dealkylation sites (N-methyl/N-ethyl adjacent to an activating group) is 1. The lowest BCUT2D eigenvalue weighted by molar-refractivity contribution is -0.127. The van der Waals surface area contributed by atoms with Gasteiger partial charge in [-0.2, -0.15) is 0 Å². The molecule has 1 heterocycles. The molecule has 1 atom stereocenters. The predicted molar refractivity (Wildman–Crippen MR) is 96.3 cm³/mol. The number of nitrogens with one attached hydrogen (secondary N) is 2. The number of aliphatic imine (C=N–C) groups is 1. The Morgan fingerprint density at radius 1 is 1.29 bits per heavy atom. The first kappa shape index (κ1) is 20.7. The Labute approximate surface area is 146 Å². The molecule has 0 spiro atoms. The van der Waals surface area contributed by atoms with Gasteiger partial charge in [0.25, 0.3) is 0 Å². The van der Waals surface area contributed by atoms with E-state index >= 15 is 0 Å². The van der Waals surface area contributed by atoms with E-state index in [0.29, 0.717) is 11.9 Å². The van der Waals surface area contributed by atoms with Crippen LogP contribution in [0, 0.1) is 5.92 Å². The van der Waals surface area contributed by atoms with E-state index < -0.39 is 0 Å². The number of carbonyl (C=O) groups excluding carboxylic acids is 1. The molecule has 24 heavy (non-hydrogen) atoms. The van der Waals surface area contributed by atoms with Crippen LogP contribution in [0.3, 0.4) is 0 Å².